The molecule has 4 nitrogen and oxygen atoms in total. The molecule has 0 N–H and O–H groups in total. The molecule has 3 rings (SSSR count). The number of ketones is 1. The zero-order valence-electron chi connectivity index (χ0n) is 17.4. The van der Waals surface area contributed by atoms with E-state index in [1.54, 1.807) is 13.8 Å². The molecule has 0 heterocycles. The Labute approximate surface area is 166 Å². The van der Waals surface area contributed by atoms with Crippen LogP contribution in [0, 0.1) is 5.41 Å². The van der Waals surface area contributed by atoms with Crippen molar-refractivity contribution in [2.24, 2.45) is 10.6 Å². The normalized spacial score (nSPS) is 15.2. The van der Waals surface area contributed by atoms with E-state index in [1.807, 2.05) is 19.9 Å². The summed E-state index contributed by atoms with van der Waals surface area (Å²) < 4.78 is 0. The molecule has 28 heavy (non-hydrogen) atoms. The van der Waals surface area contributed by atoms with Gasteiger partial charge in [-0.1, -0.05) is 61.5 Å². The van der Waals surface area contributed by atoms with Gasteiger partial charge in [-0.15, -0.1) is 0 Å². The van der Waals surface area contributed by atoms with Crippen molar-refractivity contribution < 1.29 is 14.4 Å². The van der Waals surface area contributed by atoms with Crippen molar-refractivity contribution in [3.8, 4) is 11.1 Å². The van der Waals surface area contributed by atoms with E-state index in [9.17, 15) is 9.59 Å². The van der Waals surface area contributed by atoms with Gasteiger partial charge in [0.1, 0.15) is 0 Å². The lowest BCUT2D eigenvalue weighted by Crippen LogP contribution is -2.41. The Kier molecular flexibility index (Phi) is 4.78. The summed E-state index contributed by atoms with van der Waals surface area (Å²) in [5.74, 6) is 0.00603. The van der Waals surface area contributed by atoms with Gasteiger partial charge in [0.2, 0.25) is 0 Å². The van der Waals surface area contributed by atoms with Gasteiger partial charge in [-0.05, 0) is 55.5 Å². The average Bonchev–Trinajstić information content (AvgIpc) is 2.89. The van der Waals surface area contributed by atoms with E-state index in [0.717, 1.165) is 5.56 Å². The third-order valence-electron chi connectivity index (χ3n) is 5.94. The molecule has 0 aliphatic heterocycles. The zero-order chi connectivity index (χ0) is 20.7. The van der Waals surface area contributed by atoms with Crippen molar-refractivity contribution in [2.75, 3.05) is 0 Å². The van der Waals surface area contributed by atoms with Crippen LogP contribution in [0.5, 0.6) is 0 Å². The zero-order valence-corrected chi connectivity index (χ0v) is 17.4. The Morgan fingerprint density at radius 1 is 1.00 bits per heavy atom. The Morgan fingerprint density at radius 2 is 1.64 bits per heavy atom. The van der Waals surface area contributed by atoms with Crippen LogP contribution in [-0.2, 0) is 25.3 Å². The van der Waals surface area contributed by atoms with Crippen molar-refractivity contribution in [1.82, 2.24) is 0 Å². The first kappa shape index (κ1) is 20.0. The number of hydrogen-bond acceptors (Lipinski definition) is 4. The van der Waals surface area contributed by atoms with Crippen molar-refractivity contribution in [3.63, 3.8) is 0 Å². The van der Waals surface area contributed by atoms with Gasteiger partial charge in [-0.2, -0.15) is 0 Å². The molecule has 0 unspecified atom stereocenters. The number of Topliss-reactive ketones (excluding diaryl/α,β-unsaturated/α-hetero) is 1. The second-order valence-electron chi connectivity index (χ2n) is 9.04. The highest BCUT2D eigenvalue weighted by molar-refractivity contribution is 6.04. The van der Waals surface area contributed by atoms with Gasteiger partial charge in [-0.3, -0.25) is 9.59 Å². The molecule has 0 amide bonds. The molecule has 0 saturated heterocycles. The van der Waals surface area contributed by atoms with Crippen molar-refractivity contribution in [2.45, 2.75) is 52.4 Å². The highest BCUT2D eigenvalue weighted by atomic mass is 16.7. The van der Waals surface area contributed by atoms with Gasteiger partial charge in [0.25, 0.3) is 0 Å². The molecule has 0 aromatic heterocycles. The van der Waals surface area contributed by atoms with Crippen LogP contribution < -0.4 is 0 Å². The van der Waals surface area contributed by atoms with E-state index < -0.39 is 10.8 Å². The van der Waals surface area contributed by atoms with E-state index >= 15 is 0 Å². The molecule has 0 saturated carbocycles. The van der Waals surface area contributed by atoms with E-state index in [4.69, 9.17) is 0 Å². The molecule has 146 valence electrons. The third-order valence-corrected chi connectivity index (χ3v) is 5.94. The van der Waals surface area contributed by atoms with E-state index in [2.05, 4.69) is 60.2 Å². The highest BCUT2D eigenvalue weighted by Crippen LogP contribution is 2.49. The summed E-state index contributed by atoms with van der Waals surface area (Å²) in [6, 6.07) is 14.8. The quantitative estimate of drug-likeness (QED) is 0.307. The van der Waals surface area contributed by atoms with Gasteiger partial charge < -0.3 is 4.84 Å². The minimum absolute atomic E-state index is 0.00603. The monoisotopic (exact) mass is 377 g/mol. The summed E-state index contributed by atoms with van der Waals surface area (Å²) in [6.07, 6.45) is 1.39. The number of nitrogens with zero attached hydrogens (tertiary/aromatic N) is 1. The van der Waals surface area contributed by atoms with Crippen LogP contribution in [0.1, 0.15) is 58.2 Å². The Morgan fingerprint density at radius 3 is 2.32 bits per heavy atom. The van der Waals surface area contributed by atoms with E-state index in [-0.39, 0.29) is 17.7 Å². The molecule has 0 fully saturated rings. The first-order valence-electron chi connectivity index (χ1n) is 9.47. The summed E-state index contributed by atoms with van der Waals surface area (Å²) in [4.78, 5) is 28.0. The molecular weight excluding hydrogens is 350 g/mol. The molecule has 0 atom stereocenters. The fourth-order valence-electron chi connectivity index (χ4n) is 4.28. The van der Waals surface area contributed by atoms with Crippen LogP contribution in [-0.4, -0.2) is 18.5 Å². The number of carbonyl (C=O) groups is 2. The maximum atomic E-state index is 13.3. The number of fused-ring (bicyclic) bond motifs is 3. The smallest absolute Gasteiger partial charge is 0.322 e. The van der Waals surface area contributed by atoms with Crippen LogP contribution >= 0.6 is 0 Å². The van der Waals surface area contributed by atoms with Gasteiger partial charge in [-0.25, -0.2) is 0 Å². The van der Waals surface area contributed by atoms with Crippen LogP contribution in [0.3, 0.4) is 0 Å². The largest absolute Gasteiger partial charge is 0.323 e. The molecule has 0 bridgehead atoms. The van der Waals surface area contributed by atoms with Crippen LogP contribution in [0.15, 0.2) is 47.6 Å². The van der Waals surface area contributed by atoms with E-state index in [0.29, 0.717) is 0 Å². The summed E-state index contributed by atoms with van der Waals surface area (Å²) in [6.45, 7) is 12.1. The molecule has 1 aliphatic rings. The summed E-state index contributed by atoms with van der Waals surface area (Å²) >= 11 is 0. The Hall–Kier alpha value is -2.75. The molecule has 2 aromatic rings. The van der Waals surface area contributed by atoms with Gasteiger partial charge in [0, 0.05) is 10.8 Å². The van der Waals surface area contributed by atoms with Crippen molar-refractivity contribution >= 4 is 18.5 Å². The number of benzene rings is 2. The van der Waals surface area contributed by atoms with Crippen molar-refractivity contribution in [1.29, 1.82) is 0 Å². The highest BCUT2D eigenvalue weighted by Gasteiger charge is 2.42. The molecule has 0 spiro atoms. The second-order valence-corrected chi connectivity index (χ2v) is 9.04. The molecular formula is C24H27NO3. The lowest BCUT2D eigenvalue weighted by molar-refractivity contribution is -0.130. The van der Waals surface area contributed by atoms with Gasteiger partial charge in [0.15, 0.2) is 5.78 Å². The molecule has 2 aromatic carbocycles. The molecule has 0 radical (unpaired) electrons. The standard InChI is InChI=1S/C24H27NO3/c1-22(2,14-25-28-15-26)21(27)23(3,4)16-11-12-18-17-9-7-8-10-19(17)24(5,6)20(18)13-16/h7-15H,1-6H3/b25-14+. The van der Waals surface area contributed by atoms with Crippen LogP contribution in [0.4, 0.5) is 0 Å². The summed E-state index contributed by atoms with van der Waals surface area (Å²) in [7, 11) is 0. The fraction of sp³-hybridized carbons (Fsp3) is 0.375. The van der Waals surface area contributed by atoms with Gasteiger partial charge in [0.05, 0.1) is 11.6 Å². The topological polar surface area (TPSA) is 55.7 Å². The molecule has 1 aliphatic carbocycles. The third kappa shape index (κ3) is 3.07. The first-order valence-corrected chi connectivity index (χ1v) is 9.47. The lowest BCUT2D eigenvalue weighted by atomic mass is 9.69. The predicted molar refractivity (Wildman–Crippen MR) is 111 cm³/mol. The maximum absolute atomic E-state index is 13.3. The minimum atomic E-state index is -0.871. The second kappa shape index (κ2) is 6.69. The lowest BCUT2D eigenvalue weighted by Gasteiger charge is -2.32. The summed E-state index contributed by atoms with van der Waals surface area (Å²) in [5, 5.41) is 3.58. The van der Waals surface area contributed by atoms with Crippen LogP contribution in [0.2, 0.25) is 0 Å². The van der Waals surface area contributed by atoms with Crippen molar-refractivity contribution in [3.05, 3.63) is 59.2 Å². The summed E-state index contributed by atoms with van der Waals surface area (Å²) in [5.41, 5.74) is 4.29. The number of rotatable bonds is 6. The fourth-order valence-corrected chi connectivity index (χ4v) is 4.28. The Bertz CT molecular complexity index is 968. The van der Waals surface area contributed by atoms with Gasteiger partial charge >= 0.3 is 6.47 Å². The number of hydrogen-bond donors (Lipinski definition) is 0. The number of carbonyl (C=O) groups excluding carboxylic acids is 2. The minimum Gasteiger partial charge on any atom is -0.322 e. The maximum Gasteiger partial charge on any atom is 0.323 e. The average molecular weight is 377 g/mol. The van der Waals surface area contributed by atoms with E-state index in [1.165, 1.54) is 28.5 Å². The van der Waals surface area contributed by atoms with Crippen LogP contribution in [0.25, 0.3) is 11.1 Å². The molecule has 4 heteroatoms. The number of oxime groups is 1. The first-order chi connectivity index (χ1) is 13.0. The SMILES string of the molecule is CC(C)(/C=N/OC=O)C(=O)C(C)(C)c1ccc2c(c1)C(C)(C)c1ccccc1-2. The predicted octanol–water partition coefficient (Wildman–Crippen LogP) is 5.02. The Balaban J connectivity index is 2.03.